The fraction of sp³-hybridized carbons (Fsp3) is 0.565. The van der Waals surface area contributed by atoms with E-state index in [0.717, 1.165) is 55.4 Å². The number of hydrogen-bond donors (Lipinski definition) is 2. The van der Waals surface area contributed by atoms with Crippen LogP contribution in [0.5, 0.6) is 0 Å². The van der Waals surface area contributed by atoms with Crippen LogP contribution in [0.1, 0.15) is 67.7 Å². The van der Waals surface area contributed by atoms with Crippen molar-refractivity contribution in [2.45, 2.75) is 81.4 Å². The van der Waals surface area contributed by atoms with Crippen molar-refractivity contribution < 1.29 is 23.0 Å². The van der Waals surface area contributed by atoms with Crippen molar-refractivity contribution in [3.05, 3.63) is 40.5 Å². The van der Waals surface area contributed by atoms with Gasteiger partial charge in [0.1, 0.15) is 23.0 Å². The number of nitrogens with one attached hydrogen (secondary N) is 1. The van der Waals surface area contributed by atoms with E-state index < -0.39 is 23.4 Å². The van der Waals surface area contributed by atoms with Crippen LogP contribution < -0.4 is 5.32 Å². The first-order chi connectivity index (χ1) is 14.9. The number of alkyl halides is 1. The van der Waals surface area contributed by atoms with Gasteiger partial charge in [-0.05, 0) is 68.2 Å². The number of halogens is 3. The average Bonchev–Trinajstić information content (AvgIpc) is 3.20. The zero-order chi connectivity index (χ0) is 21.3. The van der Waals surface area contributed by atoms with Crippen molar-refractivity contribution in [1.82, 2.24) is 10.2 Å². The molecule has 1 aromatic heterocycles. The van der Waals surface area contributed by atoms with Gasteiger partial charge in [0.25, 0.3) is 0 Å². The summed E-state index contributed by atoms with van der Waals surface area (Å²) in [6.45, 7) is 0. The highest BCUT2D eigenvalue weighted by Gasteiger charge is 2.46. The molecule has 2 bridgehead atoms. The summed E-state index contributed by atoms with van der Waals surface area (Å²) < 4.78 is 50.6. The summed E-state index contributed by atoms with van der Waals surface area (Å²) in [5.74, 6) is -1.12. The lowest BCUT2D eigenvalue weighted by Gasteiger charge is -2.29. The maximum Gasteiger partial charge on any atom is 0.155 e. The molecule has 5 nitrogen and oxygen atoms in total. The van der Waals surface area contributed by atoms with Crippen LogP contribution in [0.2, 0.25) is 0 Å². The molecule has 2 N–H and O–H groups in total. The van der Waals surface area contributed by atoms with Crippen molar-refractivity contribution >= 4 is 5.82 Å². The number of hydrogen-bond acceptors (Lipinski definition) is 5. The summed E-state index contributed by atoms with van der Waals surface area (Å²) in [5, 5.41) is 22.0. The van der Waals surface area contributed by atoms with Gasteiger partial charge >= 0.3 is 0 Å². The highest BCUT2D eigenvalue weighted by Crippen LogP contribution is 2.51. The van der Waals surface area contributed by atoms with E-state index in [2.05, 4.69) is 15.5 Å². The van der Waals surface area contributed by atoms with Crippen LogP contribution in [-0.4, -0.2) is 33.6 Å². The fourth-order valence-electron chi connectivity index (χ4n) is 5.38. The van der Waals surface area contributed by atoms with Gasteiger partial charge in [0, 0.05) is 12.0 Å². The Morgan fingerprint density at radius 2 is 1.84 bits per heavy atom. The standard InChI is InChI=1S/C23H24F3N3O2/c24-14-8-11(23(26)6-7-23)9-15(25)20(14)21-13-10-12-4-5-18(31-12)19(13)22(29-28-21)27-16-2-1-3-17(16)30/h8-9,12,16-18,30H,1-7,10H2,(H,27,29)/t12-,16-,17-,18+/m1/s1. The Labute approximate surface area is 178 Å². The van der Waals surface area contributed by atoms with E-state index in [-0.39, 0.29) is 47.9 Å². The highest BCUT2D eigenvalue weighted by molar-refractivity contribution is 5.70. The zero-order valence-electron chi connectivity index (χ0n) is 17.0. The average molecular weight is 431 g/mol. The van der Waals surface area contributed by atoms with Crippen LogP contribution in [0.25, 0.3) is 11.3 Å². The van der Waals surface area contributed by atoms with Crippen LogP contribution in [0.3, 0.4) is 0 Å². The molecule has 8 heteroatoms. The monoisotopic (exact) mass is 431 g/mol. The number of benzene rings is 1. The molecular formula is C23H24F3N3O2. The molecule has 0 unspecified atom stereocenters. The van der Waals surface area contributed by atoms with Crippen LogP contribution in [0, 0.1) is 11.6 Å². The summed E-state index contributed by atoms with van der Waals surface area (Å²) in [5.41, 5.74) is -0.150. The van der Waals surface area contributed by atoms with Gasteiger partial charge in [0.05, 0.1) is 29.9 Å². The third-order valence-electron chi connectivity index (χ3n) is 7.26. The first-order valence-electron chi connectivity index (χ1n) is 11.1. The van der Waals surface area contributed by atoms with Gasteiger partial charge in [-0.15, -0.1) is 10.2 Å². The quantitative estimate of drug-likeness (QED) is 0.747. The lowest BCUT2D eigenvalue weighted by Crippen LogP contribution is -2.31. The molecule has 164 valence electrons. The molecule has 0 amide bonds. The topological polar surface area (TPSA) is 67.3 Å². The molecule has 3 heterocycles. The molecule has 2 aliphatic heterocycles. The number of aromatic nitrogens is 2. The van der Waals surface area contributed by atoms with Crippen LogP contribution in [0.15, 0.2) is 12.1 Å². The van der Waals surface area contributed by atoms with Gasteiger partial charge in [-0.2, -0.15) is 0 Å². The smallest absolute Gasteiger partial charge is 0.155 e. The summed E-state index contributed by atoms with van der Waals surface area (Å²) in [4.78, 5) is 0. The molecule has 2 aromatic rings. The Morgan fingerprint density at radius 3 is 2.52 bits per heavy atom. The molecule has 2 saturated carbocycles. The van der Waals surface area contributed by atoms with E-state index in [0.29, 0.717) is 12.2 Å². The van der Waals surface area contributed by atoms with Crippen molar-refractivity contribution in [2.24, 2.45) is 0 Å². The van der Waals surface area contributed by atoms with Crippen molar-refractivity contribution in [3.63, 3.8) is 0 Å². The molecule has 0 radical (unpaired) electrons. The van der Waals surface area contributed by atoms with E-state index in [4.69, 9.17) is 4.74 Å². The van der Waals surface area contributed by atoms with Crippen molar-refractivity contribution in [3.8, 4) is 11.3 Å². The number of anilines is 1. The zero-order valence-corrected chi connectivity index (χ0v) is 17.0. The first-order valence-corrected chi connectivity index (χ1v) is 11.1. The van der Waals surface area contributed by atoms with Gasteiger partial charge in [0.15, 0.2) is 5.82 Å². The van der Waals surface area contributed by atoms with Crippen molar-refractivity contribution in [2.75, 3.05) is 5.32 Å². The lowest BCUT2D eigenvalue weighted by molar-refractivity contribution is 0.0325. The largest absolute Gasteiger partial charge is 0.391 e. The predicted molar refractivity (Wildman–Crippen MR) is 107 cm³/mol. The minimum Gasteiger partial charge on any atom is -0.391 e. The Morgan fingerprint density at radius 1 is 1.06 bits per heavy atom. The third kappa shape index (κ3) is 3.14. The van der Waals surface area contributed by atoms with Crippen LogP contribution in [0.4, 0.5) is 19.0 Å². The number of aliphatic hydroxyl groups excluding tert-OH is 1. The normalized spacial score (nSPS) is 30.3. The van der Waals surface area contributed by atoms with Gasteiger partial charge < -0.3 is 15.2 Å². The Balaban J connectivity index is 1.46. The molecule has 6 rings (SSSR count). The van der Waals surface area contributed by atoms with E-state index in [9.17, 15) is 9.50 Å². The summed E-state index contributed by atoms with van der Waals surface area (Å²) in [6.07, 6.45) is 4.51. The predicted octanol–water partition coefficient (Wildman–Crippen LogP) is 4.48. The Kier molecular flexibility index (Phi) is 4.34. The van der Waals surface area contributed by atoms with Gasteiger partial charge in [-0.1, -0.05) is 0 Å². The van der Waals surface area contributed by atoms with Gasteiger partial charge in [-0.3, -0.25) is 0 Å². The third-order valence-corrected chi connectivity index (χ3v) is 7.26. The van der Waals surface area contributed by atoms with E-state index in [1.165, 1.54) is 0 Å². The van der Waals surface area contributed by atoms with Crippen molar-refractivity contribution in [1.29, 1.82) is 0 Å². The second kappa shape index (κ2) is 6.90. The Bertz CT molecular complexity index is 1040. The number of ether oxygens (including phenoxy) is 1. The minimum atomic E-state index is -1.62. The lowest BCUT2D eigenvalue weighted by atomic mass is 9.92. The molecule has 4 aliphatic rings. The molecular weight excluding hydrogens is 407 g/mol. The first kappa shape index (κ1) is 19.5. The Hall–Kier alpha value is -2.19. The summed E-state index contributed by atoms with van der Waals surface area (Å²) in [6, 6.07) is 2.05. The van der Waals surface area contributed by atoms with Gasteiger partial charge in [0.2, 0.25) is 0 Å². The number of aliphatic hydroxyl groups is 1. The molecule has 3 fully saturated rings. The van der Waals surface area contributed by atoms with E-state index in [1.54, 1.807) is 0 Å². The second-order valence-corrected chi connectivity index (χ2v) is 9.35. The maximum absolute atomic E-state index is 15.1. The molecule has 1 saturated heterocycles. The molecule has 2 aliphatic carbocycles. The summed E-state index contributed by atoms with van der Waals surface area (Å²) in [7, 11) is 0. The molecule has 1 aromatic carbocycles. The van der Waals surface area contributed by atoms with E-state index in [1.807, 2.05) is 0 Å². The maximum atomic E-state index is 15.1. The molecule has 31 heavy (non-hydrogen) atoms. The second-order valence-electron chi connectivity index (χ2n) is 9.35. The number of rotatable bonds is 4. The minimum absolute atomic E-state index is 0.0173. The SMILES string of the molecule is O[C@@H]1CCC[C@H]1Nc1nnc(-c2c(F)cc(C3(F)CC3)cc2F)c2c1[C@@H]1CC[C@H](C2)O1. The van der Waals surface area contributed by atoms with Crippen LogP contribution in [-0.2, 0) is 16.8 Å². The van der Waals surface area contributed by atoms with Gasteiger partial charge in [-0.25, -0.2) is 13.2 Å². The number of nitrogens with zero attached hydrogens (tertiary/aromatic N) is 2. The summed E-state index contributed by atoms with van der Waals surface area (Å²) >= 11 is 0. The van der Waals surface area contributed by atoms with Crippen LogP contribution >= 0.6 is 0 Å². The molecule has 0 spiro atoms. The molecule has 4 atom stereocenters. The highest BCUT2D eigenvalue weighted by atomic mass is 19.1. The fourth-order valence-corrected chi connectivity index (χ4v) is 5.38. The van der Waals surface area contributed by atoms with E-state index >= 15 is 8.78 Å². The number of fused-ring (bicyclic) bond motifs is 4.